The number of anilines is 1. The van der Waals surface area contributed by atoms with Gasteiger partial charge in [-0.25, -0.2) is 4.98 Å². The van der Waals surface area contributed by atoms with E-state index in [0.29, 0.717) is 6.54 Å². The second-order valence-electron chi connectivity index (χ2n) is 3.34. The number of aromatic nitrogens is 1. The average molecular weight is 219 g/mol. The SMILES string of the molecule is NCc1cnc(Cc2ccc(N)cc2)s1. The molecule has 78 valence electrons. The standard InChI is InChI=1S/C11H13N3S/c12-6-10-7-14-11(15-10)5-8-1-3-9(13)4-2-8/h1-4,7H,5-6,12-13H2. The molecule has 0 amide bonds. The van der Waals surface area contributed by atoms with Crippen LogP contribution in [-0.4, -0.2) is 4.98 Å². The third kappa shape index (κ3) is 2.55. The summed E-state index contributed by atoms with van der Waals surface area (Å²) in [6.07, 6.45) is 2.70. The molecule has 0 bridgehead atoms. The highest BCUT2D eigenvalue weighted by molar-refractivity contribution is 7.11. The van der Waals surface area contributed by atoms with E-state index in [2.05, 4.69) is 4.98 Å². The molecule has 1 heterocycles. The van der Waals surface area contributed by atoms with E-state index in [0.717, 1.165) is 22.0 Å². The summed E-state index contributed by atoms with van der Waals surface area (Å²) >= 11 is 1.66. The van der Waals surface area contributed by atoms with Crippen molar-refractivity contribution in [3.63, 3.8) is 0 Å². The molecule has 0 saturated heterocycles. The fourth-order valence-electron chi connectivity index (χ4n) is 1.33. The van der Waals surface area contributed by atoms with Gasteiger partial charge in [0.1, 0.15) is 0 Å². The lowest BCUT2D eigenvalue weighted by Gasteiger charge is -1.98. The van der Waals surface area contributed by atoms with Crippen LogP contribution in [0.5, 0.6) is 0 Å². The van der Waals surface area contributed by atoms with Gasteiger partial charge in [-0.3, -0.25) is 0 Å². The van der Waals surface area contributed by atoms with Gasteiger partial charge in [-0.2, -0.15) is 0 Å². The fraction of sp³-hybridized carbons (Fsp3) is 0.182. The molecule has 1 aromatic carbocycles. The molecular weight excluding hydrogens is 206 g/mol. The van der Waals surface area contributed by atoms with Gasteiger partial charge in [-0.05, 0) is 17.7 Å². The number of nitrogen functional groups attached to an aromatic ring is 1. The second kappa shape index (κ2) is 4.42. The second-order valence-corrected chi connectivity index (χ2v) is 4.54. The third-order valence-corrected chi connectivity index (χ3v) is 3.16. The molecule has 4 heteroatoms. The third-order valence-electron chi connectivity index (χ3n) is 2.14. The van der Waals surface area contributed by atoms with E-state index in [9.17, 15) is 0 Å². The Hall–Kier alpha value is -1.39. The lowest BCUT2D eigenvalue weighted by molar-refractivity contribution is 1.08. The van der Waals surface area contributed by atoms with Crippen LogP contribution in [-0.2, 0) is 13.0 Å². The molecule has 0 atom stereocenters. The normalized spacial score (nSPS) is 10.5. The van der Waals surface area contributed by atoms with Gasteiger partial charge in [0.2, 0.25) is 0 Å². The largest absolute Gasteiger partial charge is 0.399 e. The van der Waals surface area contributed by atoms with E-state index in [1.807, 2.05) is 30.5 Å². The summed E-state index contributed by atoms with van der Waals surface area (Å²) in [4.78, 5) is 5.44. The Kier molecular flexibility index (Phi) is 2.99. The molecule has 3 nitrogen and oxygen atoms in total. The first-order chi connectivity index (χ1) is 7.28. The van der Waals surface area contributed by atoms with Gasteiger partial charge < -0.3 is 11.5 Å². The van der Waals surface area contributed by atoms with Gasteiger partial charge in [0.15, 0.2) is 0 Å². The maximum Gasteiger partial charge on any atom is 0.0971 e. The van der Waals surface area contributed by atoms with Gasteiger partial charge in [-0.1, -0.05) is 12.1 Å². The van der Waals surface area contributed by atoms with E-state index in [1.165, 1.54) is 5.56 Å². The first-order valence-electron chi connectivity index (χ1n) is 4.76. The summed E-state index contributed by atoms with van der Waals surface area (Å²) in [7, 11) is 0. The number of hydrogen-bond acceptors (Lipinski definition) is 4. The molecule has 1 aromatic heterocycles. The first-order valence-corrected chi connectivity index (χ1v) is 5.57. The molecule has 0 spiro atoms. The van der Waals surface area contributed by atoms with Gasteiger partial charge >= 0.3 is 0 Å². The molecule has 0 aliphatic rings. The molecule has 0 fully saturated rings. The van der Waals surface area contributed by atoms with Crippen LogP contribution in [0.15, 0.2) is 30.5 Å². The maximum atomic E-state index is 5.62. The molecule has 4 N–H and O–H groups in total. The Morgan fingerprint density at radius 1 is 1.20 bits per heavy atom. The molecule has 0 aliphatic heterocycles. The lowest BCUT2D eigenvalue weighted by atomic mass is 10.1. The highest BCUT2D eigenvalue weighted by Gasteiger charge is 2.01. The minimum atomic E-state index is 0.569. The van der Waals surface area contributed by atoms with E-state index in [4.69, 9.17) is 11.5 Å². The average Bonchev–Trinajstić information content (AvgIpc) is 2.69. The van der Waals surface area contributed by atoms with E-state index >= 15 is 0 Å². The predicted octanol–water partition coefficient (Wildman–Crippen LogP) is 1.77. The summed E-state index contributed by atoms with van der Waals surface area (Å²) in [5, 5.41) is 1.10. The van der Waals surface area contributed by atoms with Crippen LogP contribution in [0.25, 0.3) is 0 Å². The van der Waals surface area contributed by atoms with Crippen LogP contribution in [0.4, 0.5) is 5.69 Å². The Labute approximate surface area is 92.8 Å². The van der Waals surface area contributed by atoms with E-state index in [1.54, 1.807) is 11.3 Å². The minimum Gasteiger partial charge on any atom is -0.399 e. The van der Waals surface area contributed by atoms with Crippen molar-refractivity contribution in [2.75, 3.05) is 5.73 Å². The molecular formula is C11H13N3S. The molecule has 2 rings (SSSR count). The van der Waals surface area contributed by atoms with Crippen molar-refractivity contribution >= 4 is 17.0 Å². The Morgan fingerprint density at radius 2 is 1.93 bits per heavy atom. The Bertz CT molecular complexity index is 433. The van der Waals surface area contributed by atoms with Crippen LogP contribution in [0.1, 0.15) is 15.4 Å². The zero-order valence-electron chi connectivity index (χ0n) is 8.31. The highest BCUT2D eigenvalue weighted by atomic mass is 32.1. The Balaban J connectivity index is 2.11. The predicted molar refractivity (Wildman–Crippen MR) is 63.7 cm³/mol. The van der Waals surface area contributed by atoms with Crippen molar-refractivity contribution in [2.45, 2.75) is 13.0 Å². The summed E-state index contributed by atoms with van der Waals surface area (Å²) < 4.78 is 0. The summed E-state index contributed by atoms with van der Waals surface area (Å²) in [6.45, 7) is 0.569. The maximum absolute atomic E-state index is 5.62. The van der Waals surface area contributed by atoms with E-state index < -0.39 is 0 Å². The fourth-order valence-corrected chi connectivity index (χ4v) is 2.17. The number of nitrogens with zero attached hydrogens (tertiary/aromatic N) is 1. The van der Waals surface area contributed by atoms with E-state index in [-0.39, 0.29) is 0 Å². The van der Waals surface area contributed by atoms with Crippen molar-refractivity contribution in [3.8, 4) is 0 Å². The number of rotatable bonds is 3. The smallest absolute Gasteiger partial charge is 0.0971 e. The van der Waals surface area contributed by atoms with Gasteiger partial charge in [-0.15, -0.1) is 11.3 Å². The van der Waals surface area contributed by atoms with Crippen LogP contribution in [0, 0.1) is 0 Å². The zero-order chi connectivity index (χ0) is 10.7. The van der Waals surface area contributed by atoms with Crippen molar-refractivity contribution in [1.29, 1.82) is 0 Å². The van der Waals surface area contributed by atoms with Crippen molar-refractivity contribution < 1.29 is 0 Å². The number of nitrogens with two attached hydrogens (primary N) is 2. The number of benzene rings is 1. The zero-order valence-corrected chi connectivity index (χ0v) is 9.13. The highest BCUT2D eigenvalue weighted by Crippen LogP contribution is 2.17. The molecule has 15 heavy (non-hydrogen) atoms. The molecule has 0 radical (unpaired) electrons. The quantitative estimate of drug-likeness (QED) is 0.773. The number of thiazole rings is 1. The molecule has 0 saturated carbocycles. The van der Waals surface area contributed by atoms with Crippen LogP contribution in [0.2, 0.25) is 0 Å². The van der Waals surface area contributed by atoms with Crippen LogP contribution >= 0.6 is 11.3 Å². The van der Waals surface area contributed by atoms with Gasteiger partial charge in [0, 0.05) is 29.7 Å². The van der Waals surface area contributed by atoms with Gasteiger partial charge in [0.05, 0.1) is 5.01 Å². The topological polar surface area (TPSA) is 64.9 Å². The minimum absolute atomic E-state index is 0.569. The Morgan fingerprint density at radius 3 is 2.53 bits per heavy atom. The van der Waals surface area contributed by atoms with Crippen molar-refractivity contribution in [1.82, 2.24) is 4.98 Å². The lowest BCUT2D eigenvalue weighted by Crippen LogP contribution is -1.91. The summed E-state index contributed by atoms with van der Waals surface area (Å²) in [5.41, 5.74) is 13.2. The van der Waals surface area contributed by atoms with Crippen molar-refractivity contribution in [3.05, 3.63) is 45.9 Å². The summed E-state index contributed by atoms with van der Waals surface area (Å²) in [5.74, 6) is 0. The molecule has 2 aromatic rings. The molecule has 0 unspecified atom stereocenters. The van der Waals surface area contributed by atoms with Crippen molar-refractivity contribution in [2.24, 2.45) is 5.73 Å². The summed E-state index contributed by atoms with van der Waals surface area (Å²) in [6, 6.07) is 7.87. The van der Waals surface area contributed by atoms with Crippen LogP contribution in [0.3, 0.4) is 0 Å². The first kappa shape index (κ1) is 10.1. The number of hydrogen-bond donors (Lipinski definition) is 2. The monoisotopic (exact) mass is 219 g/mol. The van der Waals surface area contributed by atoms with Crippen LogP contribution < -0.4 is 11.5 Å². The molecule has 0 aliphatic carbocycles. The van der Waals surface area contributed by atoms with Gasteiger partial charge in [0.25, 0.3) is 0 Å².